The van der Waals surface area contributed by atoms with E-state index in [9.17, 15) is 19.5 Å². The number of hydrogen-bond donors (Lipinski definition) is 2. The van der Waals surface area contributed by atoms with Crippen LogP contribution < -0.4 is 5.32 Å². The SMILES string of the molecule is CCN1CC(C(=O)NCC2CCCCC2C(=O)O)CC1=O. The summed E-state index contributed by atoms with van der Waals surface area (Å²) >= 11 is 0. The van der Waals surface area contributed by atoms with Gasteiger partial charge in [-0.05, 0) is 25.7 Å². The predicted molar refractivity (Wildman–Crippen MR) is 76.5 cm³/mol. The van der Waals surface area contributed by atoms with E-state index in [1.807, 2.05) is 6.92 Å². The van der Waals surface area contributed by atoms with Crippen LogP contribution in [0.5, 0.6) is 0 Å². The fraction of sp³-hybridized carbons (Fsp3) is 0.800. The molecule has 2 N–H and O–H groups in total. The number of carboxylic acids is 1. The van der Waals surface area contributed by atoms with E-state index >= 15 is 0 Å². The Morgan fingerprint density at radius 2 is 2.05 bits per heavy atom. The van der Waals surface area contributed by atoms with Gasteiger partial charge < -0.3 is 15.3 Å². The molecule has 6 nitrogen and oxygen atoms in total. The highest BCUT2D eigenvalue weighted by Gasteiger charge is 2.35. The predicted octanol–water partition coefficient (Wildman–Crippen LogP) is 0.862. The molecule has 1 saturated carbocycles. The van der Waals surface area contributed by atoms with Gasteiger partial charge in [0.15, 0.2) is 0 Å². The van der Waals surface area contributed by atoms with E-state index in [0.29, 0.717) is 26.1 Å². The van der Waals surface area contributed by atoms with Crippen LogP contribution >= 0.6 is 0 Å². The quantitative estimate of drug-likeness (QED) is 0.788. The number of carboxylic acid groups (broad SMARTS) is 1. The molecule has 21 heavy (non-hydrogen) atoms. The van der Waals surface area contributed by atoms with E-state index in [0.717, 1.165) is 19.3 Å². The fourth-order valence-corrected chi connectivity index (χ4v) is 3.41. The van der Waals surface area contributed by atoms with Gasteiger partial charge >= 0.3 is 5.97 Å². The molecule has 2 aliphatic rings. The Balaban J connectivity index is 1.83. The van der Waals surface area contributed by atoms with Crippen LogP contribution in [-0.4, -0.2) is 47.4 Å². The van der Waals surface area contributed by atoms with E-state index in [-0.39, 0.29) is 36.0 Å². The standard InChI is InChI=1S/C15H24N2O4/c1-2-17-9-11(7-13(17)18)14(19)16-8-10-5-3-4-6-12(10)15(20)21/h10-12H,2-9H2,1H3,(H,16,19)(H,20,21). The number of carbonyl (C=O) groups is 3. The topological polar surface area (TPSA) is 86.7 Å². The second-order valence-electron chi connectivity index (χ2n) is 6.07. The van der Waals surface area contributed by atoms with Crippen molar-refractivity contribution in [3.63, 3.8) is 0 Å². The van der Waals surface area contributed by atoms with Gasteiger partial charge in [0.05, 0.1) is 11.8 Å². The van der Waals surface area contributed by atoms with Crippen molar-refractivity contribution in [2.24, 2.45) is 17.8 Å². The molecule has 0 spiro atoms. The van der Waals surface area contributed by atoms with Crippen LogP contribution in [-0.2, 0) is 14.4 Å². The maximum Gasteiger partial charge on any atom is 0.306 e. The van der Waals surface area contributed by atoms with Crippen LogP contribution in [0.25, 0.3) is 0 Å². The summed E-state index contributed by atoms with van der Waals surface area (Å²) in [6.45, 7) is 3.42. The summed E-state index contributed by atoms with van der Waals surface area (Å²) in [7, 11) is 0. The molecule has 2 amide bonds. The van der Waals surface area contributed by atoms with Gasteiger partial charge in [-0.15, -0.1) is 0 Å². The van der Waals surface area contributed by atoms with Crippen molar-refractivity contribution in [3.05, 3.63) is 0 Å². The normalized spacial score (nSPS) is 29.5. The van der Waals surface area contributed by atoms with Gasteiger partial charge in [-0.25, -0.2) is 0 Å². The third-order valence-electron chi connectivity index (χ3n) is 4.73. The van der Waals surface area contributed by atoms with Gasteiger partial charge in [-0.3, -0.25) is 14.4 Å². The van der Waals surface area contributed by atoms with Crippen LogP contribution in [0.1, 0.15) is 39.0 Å². The lowest BCUT2D eigenvalue weighted by atomic mass is 9.79. The molecule has 0 radical (unpaired) electrons. The first-order valence-electron chi connectivity index (χ1n) is 7.81. The molecule has 3 atom stereocenters. The summed E-state index contributed by atoms with van der Waals surface area (Å²) in [5.41, 5.74) is 0. The van der Waals surface area contributed by atoms with Crippen molar-refractivity contribution in [2.75, 3.05) is 19.6 Å². The number of aliphatic carboxylic acids is 1. The molecule has 0 aromatic heterocycles. The first-order chi connectivity index (χ1) is 10.0. The molecule has 0 aromatic carbocycles. The number of hydrogen-bond acceptors (Lipinski definition) is 3. The molecule has 0 aromatic rings. The number of amides is 2. The average molecular weight is 296 g/mol. The number of carbonyl (C=O) groups excluding carboxylic acids is 2. The minimum absolute atomic E-state index is 0.0135. The maximum atomic E-state index is 12.1. The molecule has 6 heteroatoms. The second-order valence-corrected chi connectivity index (χ2v) is 6.07. The van der Waals surface area contributed by atoms with E-state index in [4.69, 9.17) is 0 Å². The molecule has 2 rings (SSSR count). The van der Waals surface area contributed by atoms with Gasteiger partial charge in [0, 0.05) is 26.1 Å². The molecule has 1 heterocycles. The summed E-state index contributed by atoms with van der Waals surface area (Å²) in [6, 6.07) is 0. The van der Waals surface area contributed by atoms with Gasteiger partial charge in [0.25, 0.3) is 0 Å². The summed E-state index contributed by atoms with van der Waals surface area (Å²) < 4.78 is 0. The lowest BCUT2D eigenvalue weighted by Gasteiger charge is -2.28. The molecule has 1 saturated heterocycles. The lowest BCUT2D eigenvalue weighted by Crippen LogP contribution is -2.40. The lowest BCUT2D eigenvalue weighted by molar-refractivity contribution is -0.145. The smallest absolute Gasteiger partial charge is 0.306 e. The van der Waals surface area contributed by atoms with Gasteiger partial charge in [-0.2, -0.15) is 0 Å². The zero-order valence-electron chi connectivity index (χ0n) is 12.5. The Morgan fingerprint density at radius 1 is 1.33 bits per heavy atom. The Labute approximate surface area is 124 Å². The second kappa shape index (κ2) is 6.91. The highest BCUT2D eigenvalue weighted by molar-refractivity contribution is 5.89. The van der Waals surface area contributed by atoms with E-state index in [1.165, 1.54) is 0 Å². The molecule has 1 aliphatic heterocycles. The van der Waals surface area contributed by atoms with E-state index < -0.39 is 5.97 Å². The zero-order valence-corrected chi connectivity index (χ0v) is 12.5. The largest absolute Gasteiger partial charge is 0.481 e. The summed E-state index contributed by atoms with van der Waals surface area (Å²) in [5.74, 6) is -1.48. The van der Waals surface area contributed by atoms with Crippen molar-refractivity contribution in [1.82, 2.24) is 10.2 Å². The van der Waals surface area contributed by atoms with Crippen LogP contribution in [0.2, 0.25) is 0 Å². The highest BCUT2D eigenvalue weighted by atomic mass is 16.4. The summed E-state index contributed by atoms with van der Waals surface area (Å²) in [6.07, 6.45) is 3.79. The minimum atomic E-state index is -0.762. The van der Waals surface area contributed by atoms with Crippen molar-refractivity contribution >= 4 is 17.8 Å². The molecule has 118 valence electrons. The molecule has 1 aliphatic carbocycles. The van der Waals surface area contributed by atoms with Gasteiger partial charge in [0.2, 0.25) is 11.8 Å². The number of nitrogens with zero attached hydrogens (tertiary/aromatic N) is 1. The number of nitrogens with one attached hydrogen (secondary N) is 1. The Hall–Kier alpha value is -1.59. The van der Waals surface area contributed by atoms with Crippen molar-refractivity contribution < 1.29 is 19.5 Å². The van der Waals surface area contributed by atoms with Gasteiger partial charge in [0.1, 0.15) is 0 Å². The summed E-state index contributed by atoms with van der Waals surface area (Å²) in [4.78, 5) is 36.7. The fourth-order valence-electron chi connectivity index (χ4n) is 3.41. The van der Waals surface area contributed by atoms with Crippen LogP contribution in [0.15, 0.2) is 0 Å². The van der Waals surface area contributed by atoms with Crippen LogP contribution in [0, 0.1) is 17.8 Å². The Kier molecular flexibility index (Phi) is 5.20. The number of likely N-dealkylation sites (tertiary alicyclic amines) is 1. The monoisotopic (exact) mass is 296 g/mol. The third-order valence-corrected chi connectivity index (χ3v) is 4.73. The number of rotatable bonds is 5. The van der Waals surface area contributed by atoms with Crippen molar-refractivity contribution in [1.29, 1.82) is 0 Å². The van der Waals surface area contributed by atoms with Crippen LogP contribution in [0.4, 0.5) is 0 Å². The molecular weight excluding hydrogens is 272 g/mol. The maximum absolute atomic E-state index is 12.1. The first kappa shape index (κ1) is 15.8. The van der Waals surface area contributed by atoms with Crippen molar-refractivity contribution in [2.45, 2.75) is 39.0 Å². The summed E-state index contributed by atoms with van der Waals surface area (Å²) in [5, 5.41) is 12.1. The van der Waals surface area contributed by atoms with Crippen LogP contribution in [0.3, 0.4) is 0 Å². The minimum Gasteiger partial charge on any atom is -0.481 e. The molecular formula is C15H24N2O4. The third kappa shape index (κ3) is 3.74. The van der Waals surface area contributed by atoms with Gasteiger partial charge in [-0.1, -0.05) is 12.8 Å². The average Bonchev–Trinajstić information content (AvgIpc) is 2.86. The zero-order chi connectivity index (χ0) is 15.4. The Morgan fingerprint density at radius 3 is 2.67 bits per heavy atom. The van der Waals surface area contributed by atoms with E-state index in [2.05, 4.69) is 5.32 Å². The first-order valence-corrected chi connectivity index (χ1v) is 7.81. The molecule has 0 bridgehead atoms. The highest BCUT2D eigenvalue weighted by Crippen LogP contribution is 2.30. The van der Waals surface area contributed by atoms with E-state index in [1.54, 1.807) is 4.90 Å². The molecule has 2 fully saturated rings. The van der Waals surface area contributed by atoms with Crippen molar-refractivity contribution in [3.8, 4) is 0 Å². The Bertz CT molecular complexity index is 424. The molecule has 3 unspecified atom stereocenters.